The van der Waals surface area contributed by atoms with Crippen LogP contribution in [-0.4, -0.2) is 18.3 Å². The predicted molar refractivity (Wildman–Crippen MR) is 61.1 cm³/mol. The first-order valence-electron chi connectivity index (χ1n) is 4.80. The van der Waals surface area contributed by atoms with Gasteiger partial charge >= 0.3 is 0 Å². The Morgan fingerprint density at radius 3 is 2.80 bits per heavy atom. The molecule has 0 saturated heterocycles. The van der Waals surface area contributed by atoms with Crippen molar-refractivity contribution in [2.24, 2.45) is 0 Å². The lowest BCUT2D eigenvalue weighted by Crippen LogP contribution is -2.08. The monoisotopic (exact) mass is 224 g/mol. The molecule has 0 spiro atoms. The van der Waals surface area contributed by atoms with E-state index in [0.717, 1.165) is 17.7 Å². The number of hydrogen-bond acceptors (Lipinski definition) is 3. The van der Waals surface area contributed by atoms with Gasteiger partial charge in [0.15, 0.2) is 0 Å². The summed E-state index contributed by atoms with van der Waals surface area (Å²) >= 11 is 6.07. The van der Waals surface area contributed by atoms with E-state index in [1.165, 1.54) is 0 Å². The van der Waals surface area contributed by atoms with Crippen LogP contribution in [-0.2, 0) is 6.42 Å². The summed E-state index contributed by atoms with van der Waals surface area (Å²) in [5.41, 5.74) is 2.29. The molecule has 0 radical (unpaired) electrons. The Bertz CT molecular complexity index is 385. The van der Waals surface area contributed by atoms with Gasteiger partial charge in [-0.25, -0.2) is 0 Å². The van der Waals surface area contributed by atoms with Gasteiger partial charge in [-0.2, -0.15) is 5.26 Å². The third-order valence-electron chi connectivity index (χ3n) is 2.14. The number of nitrogens with zero attached hydrogens (tertiary/aromatic N) is 1. The molecule has 0 aliphatic heterocycles. The molecule has 3 nitrogen and oxygen atoms in total. The van der Waals surface area contributed by atoms with Gasteiger partial charge in [-0.05, 0) is 24.1 Å². The molecule has 15 heavy (non-hydrogen) atoms. The van der Waals surface area contributed by atoms with E-state index in [0.29, 0.717) is 17.1 Å². The zero-order valence-corrected chi connectivity index (χ0v) is 9.30. The number of aliphatic hydroxyl groups is 1. The van der Waals surface area contributed by atoms with Crippen molar-refractivity contribution < 1.29 is 5.11 Å². The SMILES string of the molecule is CCc1c(NCCO)ccc(C#N)c1Cl. The number of aliphatic hydroxyl groups excluding tert-OH is 1. The number of benzene rings is 1. The second kappa shape index (κ2) is 5.59. The van der Waals surface area contributed by atoms with Gasteiger partial charge in [-0.3, -0.25) is 0 Å². The highest BCUT2D eigenvalue weighted by Crippen LogP contribution is 2.28. The minimum Gasteiger partial charge on any atom is -0.395 e. The normalized spacial score (nSPS) is 9.73. The summed E-state index contributed by atoms with van der Waals surface area (Å²) in [6.45, 7) is 2.53. The fourth-order valence-electron chi connectivity index (χ4n) is 1.41. The Labute approximate surface area is 94.3 Å². The fourth-order valence-corrected chi connectivity index (χ4v) is 1.75. The minimum absolute atomic E-state index is 0.0702. The van der Waals surface area contributed by atoms with Crippen LogP contribution in [0.15, 0.2) is 12.1 Å². The molecule has 0 heterocycles. The van der Waals surface area contributed by atoms with E-state index in [1.54, 1.807) is 6.07 Å². The summed E-state index contributed by atoms with van der Waals surface area (Å²) in [6.07, 6.45) is 0.752. The molecule has 2 N–H and O–H groups in total. The average Bonchev–Trinajstić information content (AvgIpc) is 2.26. The number of halogens is 1. The zero-order chi connectivity index (χ0) is 11.3. The Kier molecular flexibility index (Phi) is 4.41. The molecule has 4 heteroatoms. The number of anilines is 1. The van der Waals surface area contributed by atoms with Crippen LogP contribution >= 0.6 is 11.6 Å². The molecule has 0 aliphatic carbocycles. The van der Waals surface area contributed by atoms with Crippen LogP contribution < -0.4 is 5.32 Å². The van der Waals surface area contributed by atoms with Gasteiger partial charge < -0.3 is 10.4 Å². The van der Waals surface area contributed by atoms with E-state index >= 15 is 0 Å². The van der Waals surface area contributed by atoms with Crippen molar-refractivity contribution >= 4 is 17.3 Å². The van der Waals surface area contributed by atoms with E-state index in [9.17, 15) is 0 Å². The molecule has 0 saturated carbocycles. The molecular formula is C11H13ClN2O. The van der Waals surface area contributed by atoms with E-state index in [1.807, 2.05) is 19.1 Å². The molecule has 0 aromatic heterocycles. The number of rotatable bonds is 4. The van der Waals surface area contributed by atoms with Crippen molar-refractivity contribution in [1.29, 1.82) is 5.26 Å². The molecule has 0 fully saturated rings. The second-order valence-corrected chi connectivity index (χ2v) is 3.45. The number of hydrogen-bond donors (Lipinski definition) is 2. The van der Waals surface area contributed by atoms with Crippen molar-refractivity contribution in [3.63, 3.8) is 0 Å². The zero-order valence-electron chi connectivity index (χ0n) is 8.55. The summed E-state index contributed by atoms with van der Waals surface area (Å²) in [6, 6.07) is 5.54. The number of nitrogens with one attached hydrogen (secondary N) is 1. The first-order chi connectivity index (χ1) is 7.24. The van der Waals surface area contributed by atoms with Gasteiger partial charge in [0, 0.05) is 12.2 Å². The summed E-state index contributed by atoms with van der Waals surface area (Å²) in [4.78, 5) is 0. The van der Waals surface area contributed by atoms with Gasteiger partial charge in [0.05, 0.1) is 17.2 Å². The molecular weight excluding hydrogens is 212 g/mol. The quantitative estimate of drug-likeness (QED) is 0.824. The molecule has 0 amide bonds. The van der Waals surface area contributed by atoms with Crippen LogP contribution in [0.4, 0.5) is 5.69 Å². The van der Waals surface area contributed by atoms with E-state index < -0.39 is 0 Å². The van der Waals surface area contributed by atoms with E-state index in [2.05, 4.69) is 5.32 Å². The smallest absolute Gasteiger partial charge is 0.101 e. The van der Waals surface area contributed by atoms with Crippen molar-refractivity contribution in [1.82, 2.24) is 0 Å². The van der Waals surface area contributed by atoms with Gasteiger partial charge in [-0.15, -0.1) is 0 Å². The third-order valence-corrected chi connectivity index (χ3v) is 2.58. The van der Waals surface area contributed by atoms with Crippen molar-refractivity contribution in [2.45, 2.75) is 13.3 Å². The fraction of sp³-hybridized carbons (Fsp3) is 0.364. The van der Waals surface area contributed by atoms with Gasteiger partial charge in [0.1, 0.15) is 6.07 Å². The Hall–Kier alpha value is -1.24. The summed E-state index contributed by atoms with van der Waals surface area (Å²) in [5.74, 6) is 0. The molecule has 1 aromatic rings. The highest BCUT2D eigenvalue weighted by molar-refractivity contribution is 6.32. The first-order valence-corrected chi connectivity index (χ1v) is 5.18. The molecule has 0 aliphatic rings. The topological polar surface area (TPSA) is 56.0 Å². The van der Waals surface area contributed by atoms with Crippen molar-refractivity contribution in [3.8, 4) is 6.07 Å². The molecule has 1 aromatic carbocycles. The van der Waals surface area contributed by atoms with Crippen LogP contribution in [0.2, 0.25) is 5.02 Å². The molecule has 1 rings (SSSR count). The largest absolute Gasteiger partial charge is 0.395 e. The van der Waals surface area contributed by atoms with E-state index in [4.69, 9.17) is 22.0 Å². The maximum absolute atomic E-state index is 8.81. The van der Waals surface area contributed by atoms with Crippen molar-refractivity contribution in [2.75, 3.05) is 18.5 Å². The summed E-state index contributed by atoms with van der Waals surface area (Å²) in [7, 11) is 0. The van der Waals surface area contributed by atoms with Gasteiger partial charge in [0.25, 0.3) is 0 Å². The van der Waals surface area contributed by atoms with Crippen LogP contribution in [0.5, 0.6) is 0 Å². The Balaban J connectivity index is 3.08. The highest BCUT2D eigenvalue weighted by Gasteiger charge is 2.09. The van der Waals surface area contributed by atoms with E-state index in [-0.39, 0.29) is 6.61 Å². The Morgan fingerprint density at radius 2 is 2.27 bits per heavy atom. The van der Waals surface area contributed by atoms with Crippen LogP contribution in [0.1, 0.15) is 18.1 Å². The second-order valence-electron chi connectivity index (χ2n) is 3.07. The molecule has 0 atom stereocenters. The third kappa shape index (κ3) is 2.62. The summed E-state index contributed by atoms with van der Waals surface area (Å²) < 4.78 is 0. The number of nitriles is 1. The van der Waals surface area contributed by atoms with Crippen LogP contribution in [0.25, 0.3) is 0 Å². The maximum atomic E-state index is 8.81. The Morgan fingerprint density at radius 1 is 1.53 bits per heavy atom. The lowest BCUT2D eigenvalue weighted by Gasteiger charge is -2.12. The lowest BCUT2D eigenvalue weighted by molar-refractivity contribution is 0.311. The lowest BCUT2D eigenvalue weighted by atomic mass is 10.1. The molecule has 80 valence electrons. The standard InChI is InChI=1S/C11H13ClN2O/c1-2-9-10(14-5-6-15)4-3-8(7-13)11(9)12/h3-4,14-15H,2,5-6H2,1H3. The first kappa shape index (κ1) is 11.8. The van der Waals surface area contributed by atoms with Crippen molar-refractivity contribution in [3.05, 3.63) is 28.3 Å². The molecule has 0 unspecified atom stereocenters. The van der Waals surface area contributed by atoms with Gasteiger partial charge in [0.2, 0.25) is 0 Å². The summed E-state index contributed by atoms with van der Waals surface area (Å²) in [5, 5.41) is 21.1. The molecule has 0 bridgehead atoms. The van der Waals surface area contributed by atoms with Crippen LogP contribution in [0, 0.1) is 11.3 Å². The maximum Gasteiger partial charge on any atom is 0.101 e. The predicted octanol–water partition coefficient (Wildman–Crippen LogP) is 2.18. The highest BCUT2D eigenvalue weighted by atomic mass is 35.5. The minimum atomic E-state index is 0.0702. The van der Waals surface area contributed by atoms with Crippen LogP contribution in [0.3, 0.4) is 0 Å². The average molecular weight is 225 g/mol. The van der Waals surface area contributed by atoms with Gasteiger partial charge in [-0.1, -0.05) is 18.5 Å².